The molecule has 0 aliphatic rings. The minimum atomic E-state index is -4.38. The second-order valence-corrected chi connectivity index (χ2v) is 7.01. The van der Waals surface area contributed by atoms with Gasteiger partial charge in [0.1, 0.15) is 12.4 Å². The summed E-state index contributed by atoms with van der Waals surface area (Å²) in [6.45, 7) is 0.224. The van der Waals surface area contributed by atoms with Gasteiger partial charge in [-0.1, -0.05) is 35.1 Å². The van der Waals surface area contributed by atoms with Gasteiger partial charge in [0.15, 0.2) is 10.8 Å². The monoisotopic (exact) mass is 410 g/mol. The molecule has 2 aromatic heterocycles. The molecule has 0 unspecified atom stereocenters. The van der Waals surface area contributed by atoms with Crippen molar-refractivity contribution in [1.29, 1.82) is 0 Å². The Balaban J connectivity index is 1.56. The van der Waals surface area contributed by atoms with Crippen LogP contribution in [0.15, 0.2) is 48.5 Å². The van der Waals surface area contributed by atoms with Crippen LogP contribution in [-0.4, -0.2) is 19.8 Å². The predicted octanol–water partition coefficient (Wildman–Crippen LogP) is 5.10. The maximum absolute atomic E-state index is 12.7. The SMILES string of the molecule is FC(F)(F)c1ccc(-c2nnc3sc(COc4ccc(Cl)cc4)nn23)cc1. The molecule has 0 amide bonds. The van der Waals surface area contributed by atoms with E-state index in [2.05, 4.69) is 15.3 Å². The highest BCUT2D eigenvalue weighted by molar-refractivity contribution is 7.16. The fourth-order valence-electron chi connectivity index (χ4n) is 2.38. The quantitative estimate of drug-likeness (QED) is 0.469. The number of hydrogen-bond donors (Lipinski definition) is 0. The Morgan fingerprint density at radius 1 is 1.00 bits per heavy atom. The van der Waals surface area contributed by atoms with E-state index in [0.29, 0.717) is 32.1 Å². The van der Waals surface area contributed by atoms with E-state index in [9.17, 15) is 13.2 Å². The highest BCUT2D eigenvalue weighted by Gasteiger charge is 2.30. The zero-order chi connectivity index (χ0) is 19.0. The van der Waals surface area contributed by atoms with Crippen molar-refractivity contribution in [2.45, 2.75) is 12.8 Å². The molecule has 0 saturated heterocycles. The van der Waals surface area contributed by atoms with Gasteiger partial charge in [-0.25, -0.2) is 0 Å². The van der Waals surface area contributed by atoms with Crippen molar-refractivity contribution in [3.63, 3.8) is 0 Å². The topological polar surface area (TPSA) is 52.3 Å². The number of aromatic nitrogens is 4. The van der Waals surface area contributed by atoms with Crippen LogP contribution in [0.5, 0.6) is 5.75 Å². The van der Waals surface area contributed by atoms with Gasteiger partial charge in [0.2, 0.25) is 4.96 Å². The molecular formula is C17H10ClF3N4OS. The zero-order valence-corrected chi connectivity index (χ0v) is 15.0. The van der Waals surface area contributed by atoms with Crippen molar-refractivity contribution in [1.82, 2.24) is 19.8 Å². The number of halogens is 4. The Bertz CT molecular complexity index is 1070. The summed E-state index contributed by atoms with van der Waals surface area (Å²) in [6.07, 6.45) is -4.38. The van der Waals surface area contributed by atoms with Crippen LogP contribution in [0.1, 0.15) is 10.6 Å². The summed E-state index contributed by atoms with van der Waals surface area (Å²) in [5, 5.41) is 13.7. The number of fused-ring (bicyclic) bond motifs is 1. The normalized spacial score (nSPS) is 11.9. The van der Waals surface area contributed by atoms with Crippen LogP contribution < -0.4 is 4.74 Å². The number of ether oxygens (including phenoxy) is 1. The van der Waals surface area contributed by atoms with Crippen LogP contribution in [0.2, 0.25) is 5.02 Å². The number of benzene rings is 2. The van der Waals surface area contributed by atoms with Gasteiger partial charge >= 0.3 is 6.18 Å². The summed E-state index contributed by atoms with van der Waals surface area (Å²) in [5.41, 5.74) is -0.228. The van der Waals surface area contributed by atoms with E-state index < -0.39 is 11.7 Å². The highest BCUT2D eigenvalue weighted by atomic mass is 35.5. The Labute approximate surface area is 160 Å². The van der Waals surface area contributed by atoms with Crippen LogP contribution in [0.3, 0.4) is 0 Å². The average molecular weight is 411 g/mol. The lowest BCUT2D eigenvalue weighted by atomic mass is 10.1. The number of hydrogen-bond acceptors (Lipinski definition) is 5. The molecule has 0 spiro atoms. The average Bonchev–Trinajstić information content (AvgIpc) is 3.21. The second-order valence-electron chi connectivity index (χ2n) is 5.53. The lowest BCUT2D eigenvalue weighted by Gasteiger charge is -2.06. The number of nitrogens with zero attached hydrogens (tertiary/aromatic N) is 4. The zero-order valence-electron chi connectivity index (χ0n) is 13.4. The fraction of sp³-hybridized carbons (Fsp3) is 0.118. The first-order valence-electron chi connectivity index (χ1n) is 7.67. The molecule has 10 heteroatoms. The lowest BCUT2D eigenvalue weighted by Crippen LogP contribution is -2.04. The minimum absolute atomic E-state index is 0.224. The molecule has 4 aromatic rings. The number of rotatable bonds is 4. The molecule has 4 rings (SSSR count). The summed E-state index contributed by atoms with van der Waals surface area (Å²) >= 11 is 7.12. The van der Waals surface area contributed by atoms with Crippen LogP contribution in [-0.2, 0) is 12.8 Å². The molecule has 2 heterocycles. The van der Waals surface area contributed by atoms with E-state index in [1.807, 2.05) is 0 Å². The molecule has 0 aliphatic heterocycles. The summed E-state index contributed by atoms with van der Waals surface area (Å²) in [5.74, 6) is 1.01. The van der Waals surface area contributed by atoms with E-state index in [-0.39, 0.29) is 6.61 Å². The predicted molar refractivity (Wildman–Crippen MR) is 94.9 cm³/mol. The van der Waals surface area contributed by atoms with Gasteiger partial charge in [-0.3, -0.25) is 0 Å². The molecule has 27 heavy (non-hydrogen) atoms. The summed E-state index contributed by atoms with van der Waals surface area (Å²) in [7, 11) is 0. The Morgan fingerprint density at radius 2 is 1.70 bits per heavy atom. The first kappa shape index (κ1) is 17.7. The maximum atomic E-state index is 12.7. The van der Waals surface area contributed by atoms with Crippen molar-refractivity contribution in [3.05, 3.63) is 64.1 Å². The third-order valence-corrected chi connectivity index (χ3v) is 4.80. The molecule has 0 N–H and O–H groups in total. The summed E-state index contributed by atoms with van der Waals surface area (Å²) < 4.78 is 45.2. The number of alkyl halides is 3. The van der Waals surface area contributed by atoms with Crippen molar-refractivity contribution in [3.8, 4) is 17.1 Å². The van der Waals surface area contributed by atoms with Gasteiger partial charge in [-0.05, 0) is 36.4 Å². The molecule has 0 bridgehead atoms. The lowest BCUT2D eigenvalue weighted by molar-refractivity contribution is -0.137. The molecule has 0 fully saturated rings. The third-order valence-electron chi connectivity index (χ3n) is 3.68. The van der Waals surface area contributed by atoms with E-state index in [1.165, 1.54) is 28.0 Å². The van der Waals surface area contributed by atoms with Crippen molar-refractivity contribution in [2.24, 2.45) is 0 Å². The van der Waals surface area contributed by atoms with Crippen molar-refractivity contribution >= 4 is 27.9 Å². The maximum Gasteiger partial charge on any atom is 0.416 e. The van der Waals surface area contributed by atoms with Crippen molar-refractivity contribution in [2.75, 3.05) is 0 Å². The van der Waals surface area contributed by atoms with Gasteiger partial charge in [-0.2, -0.15) is 22.8 Å². The second kappa shape index (κ2) is 6.82. The van der Waals surface area contributed by atoms with Crippen LogP contribution >= 0.6 is 22.9 Å². The Morgan fingerprint density at radius 3 is 2.37 bits per heavy atom. The molecule has 138 valence electrons. The van der Waals surface area contributed by atoms with Gasteiger partial charge in [-0.15, -0.1) is 10.2 Å². The molecule has 5 nitrogen and oxygen atoms in total. The Hall–Kier alpha value is -2.65. The van der Waals surface area contributed by atoms with Crippen LogP contribution in [0.4, 0.5) is 13.2 Å². The third kappa shape index (κ3) is 3.74. The minimum Gasteiger partial charge on any atom is -0.486 e. The molecule has 0 atom stereocenters. The molecule has 2 aromatic carbocycles. The molecule has 0 saturated carbocycles. The molecule has 0 aliphatic carbocycles. The van der Waals surface area contributed by atoms with Gasteiger partial charge in [0.25, 0.3) is 0 Å². The molecular weight excluding hydrogens is 401 g/mol. The van der Waals surface area contributed by atoms with E-state index >= 15 is 0 Å². The smallest absolute Gasteiger partial charge is 0.416 e. The van der Waals surface area contributed by atoms with Crippen molar-refractivity contribution < 1.29 is 17.9 Å². The fourth-order valence-corrected chi connectivity index (χ4v) is 3.25. The Kier molecular flexibility index (Phi) is 4.48. The van der Waals surface area contributed by atoms with E-state index in [0.717, 1.165) is 12.1 Å². The first-order valence-corrected chi connectivity index (χ1v) is 8.87. The first-order chi connectivity index (χ1) is 12.9. The van der Waals surface area contributed by atoms with Crippen LogP contribution in [0, 0.1) is 0 Å². The van der Waals surface area contributed by atoms with Gasteiger partial charge < -0.3 is 4.74 Å². The van der Waals surface area contributed by atoms with E-state index in [1.54, 1.807) is 24.3 Å². The van der Waals surface area contributed by atoms with Gasteiger partial charge in [0, 0.05) is 10.6 Å². The highest BCUT2D eigenvalue weighted by Crippen LogP contribution is 2.31. The summed E-state index contributed by atoms with van der Waals surface area (Å²) in [6, 6.07) is 11.6. The van der Waals surface area contributed by atoms with Crippen LogP contribution in [0.25, 0.3) is 16.3 Å². The van der Waals surface area contributed by atoms with Gasteiger partial charge in [0.05, 0.1) is 5.56 Å². The molecule has 0 radical (unpaired) electrons. The van der Waals surface area contributed by atoms with E-state index in [4.69, 9.17) is 16.3 Å². The standard InChI is InChI=1S/C17H10ClF3N4OS/c18-12-5-7-13(8-6-12)26-9-14-24-25-15(22-23-16(25)27-14)10-1-3-11(4-2-10)17(19,20)21/h1-8H,9H2. The summed E-state index contributed by atoms with van der Waals surface area (Å²) in [4.78, 5) is 0.527. The largest absolute Gasteiger partial charge is 0.486 e.